The van der Waals surface area contributed by atoms with Crippen molar-refractivity contribution < 1.29 is 18.0 Å². The molecule has 132 valence electrons. The van der Waals surface area contributed by atoms with Gasteiger partial charge in [0.15, 0.2) is 0 Å². The summed E-state index contributed by atoms with van der Waals surface area (Å²) in [6.45, 7) is 0.842. The summed E-state index contributed by atoms with van der Waals surface area (Å²) in [6.07, 6.45) is -0.261. The summed E-state index contributed by atoms with van der Waals surface area (Å²) in [6, 6.07) is 5.08. The van der Waals surface area contributed by atoms with Gasteiger partial charge < -0.3 is 10.6 Å². The zero-order valence-corrected chi connectivity index (χ0v) is 14.1. The average Bonchev–Trinajstić information content (AvgIpc) is 2.46. The van der Waals surface area contributed by atoms with Crippen molar-refractivity contribution in [1.29, 1.82) is 0 Å². The molecule has 0 fully saturated rings. The standard InChI is InChI=1S/C16H23F3N2O.ClH/c1-21(15(22)9-4-2-3-5-10-20)12-13-7-6-8-14(11-13)16(17,18)19;/h6-8,11H,2-5,9-10,12,20H2,1H3;1H. The Bertz CT molecular complexity index is 481. The Morgan fingerprint density at radius 2 is 1.83 bits per heavy atom. The van der Waals surface area contributed by atoms with E-state index in [1.165, 1.54) is 11.0 Å². The Morgan fingerprint density at radius 3 is 2.43 bits per heavy atom. The molecule has 0 aliphatic rings. The largest absolute Gasteiger partial charge is 0.416 e. The zero-order valence-electron chi connectivity index (χ0n) is 13.2. The van der Waals surface area contributed by atoms with Crippen molar-refractivity contribution in [2.45, 2.75) is 44.8 Å². The minimum absolute atomic E-state index is 0. The fraction of sp³-hybridized carbons (Fsp3) is 0.562. The number of unbranched alkanes of at least 4 members (excludes halogenated alkanes) is 3. The third-order valence-electron chi connectivity index (χ3n) is 3.44. The molecular weight excluding hydrogens is 329 g/mol. The van der Waals surface area contributed by atoms with Gasteiger partial charge in [-0.15, -0.1) is 12.4 Å². The molecule has 2 N–H and O–H groups in total. The number of hydrogen-bond donors (Lipinski definition) is 1. The lowest BCUT2D eigenvalue weighted by Crippen LogP contribution is -2.26. The lowest BCUT2D eigenvalue weighted by atomic mass is 10.1. The van der Waals surface area contributed by atoms with E-state index in [0.29, 0.717) is 18.5 Å². The third kappa shape index (κ3) is 8.23. The van der Waals surface area contributed by atoms with Crippen molar-refractivity contribution in [3.8, 4) is 0 Å². The quantitative estimate of drug-likeness (QED) is 0.719. The Balaban J connectivity index is 0.00000484. The Morgan fingerprint density at radius 1 is 1.17 bits per heavy atom. The first-order chi connectivity index (χ1) is 10.3. The molecule has 0 bridgehead atoms. The first-order valence-corrected chi connectivity index (χ1v) is 7.44. The molecule has 1 aromatic rings. The minimum atomic E-state index is -4.36. The van der Waals surface area contributed by atoms with Crippen LogP contribution in [-0.4, -0.2) is 24.4 Å². The van der Waals surface area contributed by atoms with Crippen molar-refractivity contribution >= 4 is 18.3 Å². The van der Waals surface area contributed by atoms with Gasteiger partial charge in [0.1, 0.15) is 0 Å². The predicted molar refractivity (Wildman–Crippen MR) is 87.3 cm³/mol. The highest BCUT2D eigenvalue weighted by Crippen LogP contribution is 2.29. The van der Waals surface area contributed by atoms with Crippen LogP contribution in [-0.2, 0) is 17.5 Å². The van der Waals surface area contributed by atoms with Crippen LogP contribution in [0.1, 0.15) is 43.2 Å². The molecule has 23 heavy (non-hydrogen) atoms. The smallest absolute Gasteiger partial charge is 0.341 e. The summed E-state index contributed by atoms with van der Waals surface area (Å²) in [4.78, 5) is 13.4. The van der Waals surface area contributed by atoms with E-state index in [1.54, 1.807) is 13.1 Å². The van der Waals surface area contributed by atoms with Crippen LogP contribution < -0.4 is 5.73 Å². The monoisotopic (exact) mass is 352 g/mol. The molecule has 0 radical (unpaired) electrons. The van der Waals surface area contributed by atoms with E-state index >= 15 is 0 Å². The van der Waals surface area contributed by atoms with Gasteiger partial charge in [-0.3, -0.25) is 4.79 Å². The molecule has 1 amide bonds. The van der Waals surface area contributed by atoms with Crippen LogP contribution in [0.5, 0.6) is 0 Å². The highest BCUT2D eigenvalue weighted by Gasteiger charge is 2.30. The minimum Gasteiger partial charge on any atom is -0.341 e. The van der Waals surface area contributed by atoms with Crippen molar-refractivity contribution in [3.05, 3.63) is 35.4 Å². The van der Waals surface area contributed by atoms with E-state index in [-0.39, 0.29) is 24.9 Å². The molecular formula is C16H24ClF3N2O. The summed E-state index contributed by atoms with van der Waals surface area (Å²) in [5.41, 5.74) is 5.19. The number of halogens is 4. The molecule has 1 aromatic carbocycles. The Hall–Kier alpha value is -1.27. The van der Waals surface area contributed by atoms with Crippen LogP contribution in [0, 0.1) is 0 Å². The van der Waals surface area contributed by atoms with Crippen LogP contribution >= 0.6 is 12.4 Å². The number of carbonyl (C=O) groups is 1. The number of alkyl halides is 3. The van der Waals surface area contributed by atoms with Crippen molar-refractivity contribution in [3.63, 3.8) is 0 Å². The third-order valence-corrected chi connectivity index (χ3v) is 3.44. The molecule has 0 unspecified atom stereocenters. The molecule has 0 heterocycles. The van der Waals surface area contributed by atoms with Crippen molar-refractivity contribution in [2.75, 3.05) is 13.6 Å². The summed E-state index contributed by atoms with van der Waals surface area (Å²) in [5.74, 6) is -0.0508. The number of hydrogen-bond acceptors (Lipinski definition) is 2. The molecule has 3 nitrogen and oxygen atoms in total. The second kappa shape index (κ2) is 10.5. The van der Waals surface area contributed by atoms with Gasteiger partial charge in [0, 0.05) is 20.0 Å². The van der Waals surface area contributed by atoms with E-state index in [9.17, 15) is 18.0 Å². The Labute approximate surface area is 141 Å². The highest BCUT2D eigenvalue weighted by atomic mass is 35.5. The lowest BCUT2D eigenvalue weighted by Gasteiger charge is -2.18. The van der Waals surface area contributed by atoms with Crippen molar-refractivity contribution in [2.24, 2.45) is 5.73 Å². The molecule has 0 atom stereocenters. The molecule has 0 aliphatic heterocycles. The first kappa shape index (κ1) is 21.7. The fourth-order valence-corrected chi connectivity index (χ4v) is 2.17. The number of carbonyl (C=O) groups excluding carboxylic acids is 1. The second-order valence-corrected chi connectivity index (χ2v) is 5.40. The first-order valence-electron chi connectivity index (χ1n) is 7.44. The SMILES string of the molecule is CN(Cc1cccc(C(F)(F)F)c1)C(=O)CCCCCCN.Cl. The summed E-state index contributed by atoms with van der Waals surface area (Å²) in [5, 5.41) is 0. The molecule has 0 saturated heterocycles. The van der Waals surface area contributed by atoms with E-state index in [4.69, 9.17) is 5.73 Å². The zero-order chi connectivity index (χ0) is 16.6. The number of amides is 1. The normalized spacial score (nSPS) is 11.0. The number of rotatable bonds is 8. The number of nitrogens with zero attached hydrogens (tertiary/aromatic N) is 1. The van der Waals surface area contributed by atoms with Crippen LogP contribution in [0.25, 0.3) is 0 Å². The van der Waals surface area contributed by atoms with Gasteiger partial charge in [0.2, 0.25) is 5.91 Å². The lowest BCUT2D eigenvalue weighted by molar-refractivity contribution is -0.137. The summed E-state index contributed by atoms with van der Waals surface area (Å²) in [7, 11) is 1.61. The van der Waals surface area contributed by atoms with Crippen LogP contribution in [0.3, 0.4) is 0 Å². The maximum absolute atomic E-state index is 12.6. The van der Waals surface area contributed by atoms with E-state index < -0.39 is 11.7 Å². The van der Waals surface area contributed by atoms with Crippen LogP contribution in [0.2, 0.25) is 0 Å². The van der Waals surface area contributed by atoms with Crippen molar-refractivity contribution in [1.82, 2.24) is 4.90 Å². The van der Waals surface area contributed by atoms with Gasteiger partial charge in [-0.1, -0.05) is 25.0 Å². The van der Waals surface area contributed by atoms with Crippen LogP contribution in [0.15, 0.2) is 24.3 Å². The number of nitrogens with two attached hydrogens (primary N) is 1. The van der Waals surface area contributed by atoms with Gasteiger partial charge in [-0.2, -0.15) is 13.2 Å². The Kier molecular flexibility index (Phi) is 9.91. The molecule has 7 heteroatoms. The van der Waals surface area contributed by atoms with Gasteiger partial charge in [0.05, 0.1) is 5.56 Å². The van der Waals surface area contributed by atoms with Gasteiger partial charge in [-0.25, -0.2) is 0 Å². The van der Waals surface area contributed by atoms with Crippen LogP contribution in [0.4, 0.5) is 13.2 Å². The second-order valence-electron chi connectivity index (χ2n) is 5.40. The van der Waals surface area contributed by atoms with Gasteiger partial charge in [-0.05, 0) is 37.1 Å². The van der Waals surface area contributed by atoms with Gasteiger partial charge in [0.25, 0.3) is 0 Å². The topological polar surface area (TPSA) is 46.3 Å². The van der Waals surface area contributed by atoms with E-state index in [2.05, 4.69) is 0 Å². The fourth-order valence-electron chi connectivity index (χ4n) is 2.17. The molecule has 0 spiro atoms. The molecule has 0 aliphatic carbocycles. The molecule has 1 rings (SSSR count). The van der Waals surface area contributed by atoms with Gasteiger partial charge >= 0.3 is 6.18 Å². The average molecular weight is 353 g/mol. The highest BCUT2D eigenvalue weighted by molar-refractivity contribution is 5.85. The maximum atomic E-state index is 12.6. The number of benzene rings is 1. The van der Waals surface area contributed by atoms with E-state index in [1.807, 2.05) is 0 Å². The van der Waals surface area contributed by atoms with E-state index in [0.717, 1.165) is 37.8 Å². The summed E-state index contributed by atoms with van der Waals surface area (Å²) >= 11 is 0. The summed E-state index contributed by atoms with van der Waals surface area (Å²) < 4.78 is 37.9. The molecule has 0 saturated carbocycles. The maximum Gasteiger partial charge on any atom is 0.416 e. The predicted octanol–water partition coefficient (Wildman–Crippen LogP) is 3.99. The molecule has 0 aromatic heterocycles.